The highest BCUT2D eigenvalue weighted by atomic mass is 16.2. The Morgan fingerprint density at radius 1 is 1.13 bits per heavy atom. The zero-order valence-corrected chi connectivity index (χ0v) is 13.1. The van der Waals surface area contributed by atoms with Gasteiger partial charge in [0.05, 0.1) is 0 Å². The average Bonchev–Trinajstić information content (AvgIpc) is 2.84. The first kappa shape index (κ1) is 15.1. The van der Waals surface area contributed by atoms with Crippen LogP contribution in [0.3, 0.4) is 0 Å². The molecule has 3 N–H and O–H groups in total. The van der Waals surface area contributed by atoms with E-state index in [1.807, 2.05) is 44.2 Å². The van der Waals surface area contributed by atoms with Crippen LogP contribution >= 0.6 is 0 Å². The summed E-state index contributed by atoms with van der Waals surface area (Å²) in [7, 11) is 0. The number of anilines is 1. The zero-order chi connectivity index (χ0) is 16.4. The third-order valence-corrected chi connectivity index (χ3v) is 3.88. The van der Waals surface area contributed by atoms with Crippen molar-refractivity contribution in [1.29, 1.82) is 0 Å². The van der Waals surface area contributed by atoms with Crippen LogP contribution in [-0.4, -0.2) is 18.5 Å². The molecule has 0 unspecified atom stereocenters. The first-order valence-corrected chi connectivity index (χ1v) is 7.64. The van der Waals surface area contributed by atoms with Gasteiger partial charge in [-0.3, -0.25) is 4.79 Å². The van der Waals surface area contributed by atoms with Gasteiger partial charge in [-0.05, 0) is 37.1 Å². The maximum Gasteiger partial charge on any atom is 0.315 e. The van der Waals surface area contributed by atoms with E-state index in [1.54, 1.807) is 0 Å². The molecule has 1 heterocycles. The number of nitrogens with one attached hydrogen (secondary N) is 3. The van der Waals surface area contributed by atoms with Crippen molar-refractivity contribution in [3.8, 4) is 11.1 Å². The van der Waals surface area contributed by atoms with Gasteiger partial charge in [0.1, 0.15) is 6.04 Å². The molecule has 118 valence electrons. The van der Waals surface area contributed by atoms with Crippen LogP contribution in [0.15, 0.2) is 42.5 Å². The minimum atomic E-state index is -0.665. The summed E-state index contributed by atoms with van der Waals surface area (Å²) >= 11 is 0. The molecular weight excluding hydrogens is 290 g/mol. The summed E-state index contributed by atoms with van der Waals surface area (Å²) in [6, 6.07) is 13.0. The number of urea groups is 1. The second-order valence-corrected chi connectivity index (χ2v) is 5.59. The van der Waals surface area contributed by atoms with Crippen molar-refractivity contribution in [3.05, 3.63) is 53.6 Å². The van der Waals surface area contributed by atoms with Crippen molar-refractivity contribution in [2.24, 2.45) is 0 Å². The molecule has 0 saturated heterocycles. The van der Waals surface area contributed by atoms with Crippen LogP contribution in [0.4, 0.5) is 10.5 Å². The number of fused-ring (bicyclic) bond motifs is 1. The lowest BCUT2D eigenvalue weighted by Gasteiger charge is -2.13. The van der Waals surface area contributed by atoms with Crippen LogP contribution in [0.5, 0.6) is 0 Å². The Balaban J connectivity index is 1.92. The lowest BCUT2D eigenvalue weighted by Crippen LogP contribution is -2.40. The van der Waals surface area contributed by atoms with Gasteiger partial charge in [0, 0.05) is 17.8 Å². The minimum absolute atomic E-state index is 0.215. The molecule has 0 spiro atoms. The van der Waals surface area contributed by atoms with Crippen LogP contribution in [0.2, 0.25) is 0 Å². The summed E-state index contributed by atoms with van der Waals surface area (Å²) in [4.78, 5) is 23.9. The number of hydrogen-bond donors (Lipinski definition) is 3. The number of carbonyl (C=O) groups is 2. The van der Waals surface area contributed by atoms with Crippen molar-refractivity contribution in [2.45, 2.75) is 19.9 Å². The molecule has 5 nitrogen and oxygen atoms in total. The summed E-state index contributed by atoms with van der Waals surface area (Å²) in [5.74, 6) is -0.215. The van der Waals surface area contributed by atoms with E-state index in [1.165, 1.54) is 5.56 Å². The third kappa shape index (κ3) is 3.04. The van der Waals surface area contributed by atoms with Gasteiger partial charge < -0.3 is 16.0 Å². The Kier molecular flexibility index (Phi) is 4.02. The summed E-state index contributed by atoms with van der Waals surface area (Å²) < 4.78 is 0. The summed E-state index contributed by atoms with van der Waals surface area (Å²) in [6.45, 7) is 4.38. The largest absolute Gasteiger partial charge is 0.338 e. The topological polar surface area (TPSA) is 70.2 Å². The minimum Gasteiger partial charge on any atom is -0.338 e. The highest BCUT2D eigenvalue weighted by molar-refractivity contribution is 6.04. The standard InChI is InChI=1S/C18H19N3O2/c1-3-19-18(23)21-16-14-10-13(8-9-15(14)20-17(16)22)12-6-4-11(2)5-7-12/h4-10,16H,3H2,1-2H3,(H,20,22)(H2,19,21,23)/t16-/m1/s1. The number of amides is 3. The van der Waals surface area contributed by atoms with E-state index in [9.17, 15) is 9.59 Å². The molecule has 3 amide bonds. The van der Waals surface area contributed by atoms with Gasteiger partial charge in [-0.2, -0.15) is 0 Å². The van der Waals surface area contributed by atoms with E-state index in [2.05, 4.69) is 28.1 Å². The molecular formula is C18H19N3O2. The zero-order valence-electron chi connectivity index (χ0n) is 13.1. The molecule has 0 aliphatic carbocycles. The molecule has 2 aromatic carbocycles. The van der Waals surface area contributed by atoms with Gasteiger partial charge in [0.15, 0.2) is 0 Å². The second kappa shape index (κ2) is 6.12. The van der Waals surface area contributed by atoms with E-state index in [0.29, 0.717) is 6.54 Å². The summed E-state index contributed by atoms with van der Waals surface area (Å²) in [5.41, 5.74) is 4.83. The van der Waals surface area contributed by atoms with E-state index >= 15 is 0 Å². The molecule has 2 aromatic rings. The molecule has 0 saturated carbocycles. The molecule has 5 heteroatoms. The fourth-order valence-electron chi connectivity index (χ4n) is 2.67. The van der Waals surface area contributed by atoms with Gasteiger partial charge >= 0.3 is 6.03 Å². The van der Waals surface area contributed by atoms with Crippen molar-refractivity contribution < 1.29 is 9.59 Å². The summed E-state index contributed by atoms with van der Waals surface area (Å²) in [6.07, 6.45) is 0. The summed E-state index contributed by atoms with van der Waals surface area (Å²) in [5, 5.41) is 8.16. The fraction of sp³-hybridized carbons (Fsp3) is 0.222. The number of aryl methyl sites for hydroxylation is 1. The maximum absolute atomic E-state index is 12.1. The molecule has 0 bridgehead atoms. The van der Waals surface area contributed by atoms with Crippen molar-refractivity contribution in [1.82, 2.24) is 10.6 Å². The first-order valence-electron chi connectivity index (χ1n) is 7.64. The lowest BCUT2D eigenvalue weighted by atomic mass is 9.99. The lowest BCUT2D eigenvalue weighted by molar-refractivity contribution is -0.117. The van der Waals surface area contributed by atoms with Gasteiger partial charge in [0.25, 0.3) is 5.91 Å². The number of carbonyl (C=O) groups excluding carboxylic acids is 2. The number of hydrogen-bond acceptors (Lipinski definition) is 2. The Morgan fingerprint density at radius 2 is 1.83 bits per heavy atom. The SMILES string of the molecule is CCNC(=O)N[C@H]1C(=O)Nc2ccc(-c3ccc(C)cc3)cc21. The van der Waals surface area contributed by atoms with Gasteiger partial charge in [-0.15, -0.1) is 0 Å². The van der Waals surface area contributed by atoms with E-state index in [-0.39, 0.29) is 11.9 Å². The van der Waals surface area contributed by atoms with Gasteiger partial charge in [0.2, 0.25) is 0 Å². The highest BCUT2D eigenvalue weighted by Crippen LogP contribution is 2.34. The first-order chi connectivity index (χ1) is 11.1. The van der Waals surface area contributed by atoms with Crippen LogP contribution in [0, 0.1) is 6.92 Å². The van der Waals surface area contributed by atoms with Crippen LogP contribution in [0.25, 0.3) is 11.1 Å². The normalized spacial score (nSPS) is 15.7. The van der Waals surface area contributed by atoms with Crippen LogP contribution in [0.1, 0.15) is 24.1 Å². The quantitative estimate of drug-likeness (QED) is 0.816. The Hall–Kier alpha value is -2.82. The van der Waals surface area contributed by atoms with Gasteiger partial charge in [-0.1, -0.05) is 35.9 Å². The molecule has 1 atom stereocenters. The maximum atomic E-state index is 12.1. The molecule has 0 fully saturated rings. The van der Waals surface area contributed by atoms with Crippen molar-refractivity contribution >= 4 is 17.6 Å². The van der Waals surface area contributed by atoms with Crippen molar-refractivity contribution in [3.63, 3.8) is 0 Å². The molecule has 3 rings (SSSR count). The van der Waals surface area contributed by atoms with Crippen LogP contribution in [-0.2, 0) is 4.79 Å². The predicted molar refractivity (Wildman–Crippen MR) is 90.2 cm³/mol. The molecule has 23 heavy (non-hydrogen) atoms. The Bertz CT molecular complexity index is 753. The number of rotatable bonds is 3. The van der Waals surface area contributed by atoms with E-state index < -0.39 is 6.04 Å². The Labute approximate surface area is 135 Å². The molecule has 1 aliphatic heterocycles. The highest BCUT2D eigenvalue weighted by Gasteiger charge is 2.31. The molecule has 0 aromatic heterocycles. The third-order valence-electron chi connectivity index (χ3n) is 3.88. The van der Waals surface area contributed by atoms with Gasteiger partial charge in [-0.25, -0.2) is 4.79 Å². The number of benzene rings is 2. The smallest absolute Gasteiger partial charge is 0.315 e. The Morgan fingerprint density at radius 3 is 2.52 bits per heavy atom. The monoisotopic (exact) mass is 309 g/mol. The van der Waals surface area contributed by atoms with Crippen molar-refractivity contribution in [2.75, 3.05) is 11.9 Å². The van der Waals surface area contributed by atoms with E-state index in [4.69, 9.17) is 0 Å². The fourth-order valence-corrected chi connectivity index (χ4v) is 2.67. The molecule has 0 radical (unpaired) electrons. The second-order valence-electron chi connectivity index (χ2n) is 5.59. The van der Waals surface area contributed by atoms with E-state index in [0.717, 1.165) is 22.4 Å². The van der Waals surface area contributed by atoms with Crippen LogP contribution < -0.4 is 16.0 Å². The molecule has 1 aliphatic rings. The average molecular weight is 309 g/mol. The predicted octanol–water partition coefficient (Wildman–Crippen LogP) is 2.97.